The van der Waals surface area contributed by atoms with Crippen LogP contribution in [0, 0.1) is 20.8 Å². The summed E-state index contributed by atoms with van der Waals surface area (Å²) in [5.74, 6) is 0.283. The molecule has 0 saturated carbocycles. The van der Waals surface area contributed by atoms with Crippen molar-refractivity contribution < 1.29 is 4.79 Å². The van der Waals surface area contributed by atoms with Gasteiger partial charge < -0.3 is 4.57 Å². The van der Waals surface area contributed by atoms with E-state index in [0.717, 1.165) is 27.7 Å². The number of allylic oxidation sites excluding steroid dienone is 1. The molecule has 1 amide bonds. The van der Waals surface area contributed by atoms with E-state index in [9.17, 15) is 4.79 Å². The van der Waals surface area contributed by atoms with Crippen LogP contribution in [0.1, 0.15) is 52.5 Å². The van der Waals surface area contributed by atoms with E-state index in [4.69, 9.17) is 0 Å². The van der Waals surface area contributed by atoms with Gasteiger partial charge in [0.05, 0.1) is 5.69 Å². The third kappa shape index (κ3) is 4.00. The Hall–Kier alpha value is -3.18. The minimum Gasteiger partial charge on any atom is -0.332 e. The fourth-order valence-corrected chi connectivity index (χ4v) is 4.75. The summed E-state index contributed by atoms with van der Waals surface area (Å²) in [6, 6.07) is 12.8. The Morgan fingerprint density at radius 3 is 2.62 bits per heavy atom. The summed E-state index contributed by atoms with van der Waals surface area (Å²) >= 11 is 1.44. The van der Waals surface area contributed by atoms with E-state index in [0.29, 0.717) is 23.3 Å². The molecule has 0 unspecified atom stereocenters. The first kappa shape index (κ1) is 22.0. The number of benzene rings is 2. The number of aryl methyl sites for hydroxylation is 3. The number of hydrogen-bond donors (Lipinski definition) is 1. The van der Waals surface area contributed by atoms with Gasteiger partial charge in [0.25, 0.3) is 5.91 Å². The molecule has 1 N–H and O–H groups in total. The van der Waals surface area contributed by atoms with Crippen LogP contribution in [0.15, 0.2) is 54.4 Å². The second-order valence-corrected chi connectivity index (χ2v) is 9.45. The van der Waals surface area contributed by atoms with Crippen LogP contribution in [0.25, 0.3) is 22.2 Å². The van der Waals surface area contributed by atoms with E-state index in [-0.39, 0.29) is 5.91 Å². The molecule has 0 aliphatic carbocycles. The Morgan fingerprint density at radius 1 is 1.16 bits per heavy atom. The van der Waals surface area contributed by atoms with Gasteiger partial charge >= 0.3 is 0 Å². The summed E-state index contributed by atoms with van der Waals surface area (Å²) in [6.45, 7) is 15.0. The molecule has 4 nitrogen and oxygen atoms in total. The van der Waals surface area contributed by atoms with Crippen molar-refractivity contribution in [1.29, 1.82) is 0 Å². The molecular weight excluding hydrogens is 414 g/mol. The molecular formula is C27H29N3OS. The van der Waals surface area contributed by atoms with Crippen LogP contribution >= 0.6 is 11.3 Å². The van der Waals surface area contributed by atoms with Gasteiger partial charge in [-0.2, -0.15) is 0 Å². The van der Waals surface area contributed by atoms with Gasteiger partial charge in [-0.15, -0.1) is 17.9 Å². The number of carbonyl (C=O) groups excluding carboxylic acids is 1. The van der Waals surface area contributed by atoms with E-state index >= 15 is 0 Å². The zero-order chi connectivity index (χ0) is 23.0. The topological polar surface area (TPSA) is 46.9 Å². The van der Waals surface area contributed by atoms with Gasteiger partial charge in [0.15, 0.2) is 5.13 Å². The van der Waals surface area contributed by atoms with Crippen LogP contribution < -0.4 is 5.32 Å². The van der Waals surface area contributed by atoms with E-state index in [1.807, 2.05) is 22.9 Å². The quantitative estimate of drug-likeness (QED) is 0.319. The van der Waals surface area contributed by atoms with Gasteiger partial charge in [-0.1, -0.05) is 38.1 Å². The van der Waals surface area contributed by atoms with Crippen molar-refractivity contribution in [3.8, 4) is 11.3 Å². The first-order valence-corrected chi connectivity index (χ1v) is 11.8. The number of hydrogen-bond acceptors (Lipinski definition) is 3. The van der Waals surface area contributed by atoms with Crippen LogP contribution in [0.4, 0.5) is 5.13 Å². The molecule has 2 aromatic heterocycles. The van der Waals surface area contributed by atoms with Crippen LogP contribution in [-0.4, -0.2) is 15.5 Å². The predicted octanol–water partition coefficient (Wildman–Crippen LogP) is 7.25. The molecule has 0 fully saturated rings. The highest BCUT2D eigenvalue weighted by atomic mass is 32.1. The van der Waals surface area contributed by atoms with E-state index in [1.165, 1.54) is 28.0 Å². The summed E-state index contributed by atoms with van der Waals surface area (Å²) in [6.07, 6.45) is 1.83. The van der Waals surface area contributed by atoms with Crippen molar-refractivity contribution in [3.63, 3.8) is 0 Å². The smallest absolute Gasteiger partial charge is 0.274 e. The fraction of sp³-hybridized carbons (Fsp3) is 0.259. The standard InChI is InChI=1S/C27H29N3OS/c1-7-12-30-24-11-10-20(16(2)3)14-22(24)19(6)25(30)26(31)29-27-28-23(15-32-27)21-9-8-17(4)18(5)13-21/h7-11,13-16H,1,12H2,2-6H3,(H,28,29,31). The minimum atomic E-state index is -0.146. The third-order valence-electron chi connectivity index (χ3n) is 6.06. The second-order valence-electron chi connectivity index (χ2n) is 8.60. The Bertz CT molecular complexity index is 1330. The highest BCUT2D eigenvalue weighted by Crippen LogP contribution is 2.31. The zero-order valence-corrected chi connectivity index (χ0v) is 20.1. The number of anilines is 1. The number of aromatic nitrogens is 2. The molecule has 2 heterocycles. The fourth-order valence-electron chi connectivity index (χ4n) is 4.03. The monoisotopic (exact) mass is 443 g/mol. The third-order valence-corrected chi connectivity index (χ3v) is 6.82. The van der Waals surface area contributed by atoms with Crippen molar-refractivity contribution in [1.82, 2.24) is 9.55 Å². The lowest BCUT2D eigenvalue weighted by Gasteiger charge is -2.09. The van der Waals surface area contributed by atoms with Gasteiger partial charge in [-0.05, 0) is 67.1 Å². The lowest BCUT2D eigenvalue weighted by Crippen LogP contribution is -2.18. The Balaban J connectivity index is 1.69. The van der Waals surface area contributed by atoms with Crippen molar-refractivity contribution >= 4 is 33.3 Å². The number of carbonyl (C=O) groups is 1. The number of thiazole rings is 1. The van der Waals surface area contributed by atoms with Gasteiger partial charge in [-0.3, -0.25) is 10.1 Å². The molecule has 0 saturated heterocycles. The van der Waals surface area contributed by atoms with Gasteiger partial charge in [0.1, 0.15) is 5.69 Å². The summed E-state index contributed by atoms with van der Waals surface area (Å²) in [7, 11) is 0. The second kappa shape index (κ2) is 8.75. The average molecular weight is 444 g/mol. The highest BCUT2D eigenvalue weighted by molar-refractivity contribution is 7.14. The summed E-state index contributed by atoms with van der Waals surface area (Å²) in [5.41, 5.74) is 8.36. The number of fused-ring (bicyclic) bond motifs is 1. The van der Waals surface area contributed by atoms with Crippen LogP contribution in [0.5, 0.6) is 0 Å². The lowest BCUT2D eigenvalue weighted by atomic mass is 10.0. The Labute approximate surface area is 193 Å². The molecule has 0 atom stereocenters. The molecule has 0 aliphatic heterocycles. The Morgan fingerprint density at radius 2 is 1.94 bits per heavy atom. The normalized spacial score (nSPS) is 11.3. The Kier molecular flexibility index (Phi) is 6.02. The summed E-state index contributed by atoms with van der Waals surface area (Å²) in [5, 5.41) is 6.72. The first-order valence-electron chi connectivity index (χ1n) is 10.9. The number of amides is 1. The first-order chi connectivity index (χ1) is 15.3. The molecule has 0 aliphatic rings. The van der Waals surface area contributed by atoms with Crippen LogP contribution in [-0.2, 0) is 6.54 Å². The van der Waals surface area contributed by atoms with Crippen molar-refractivity contribution in [2.24, 2.45) is 0 Å². The molecule has 2 aromatic carbocycles. The molecule has 0 radical (unpaired) electrons. The molecule has 0 bridgehead atoms. The largest absolute Gasteiger partial charge is 0.332 e. The SMILES string of the molecule is C=CCn1c(C(=O)Nc2nc(-c3ccc(C)c(C)c3)cs2)c(C)c2cc(C(C)C)ccc21. The average Bonchev–Trinajstić information content (AvgIpc) is 3.33. The van der Waals surface area contributed by atoms with E-state index < -0.39 is 0 Å². The van der Waals surface area contributed by atoms with Gasteiger partial charge in [0.2, 0.25) is 0 Å². The number of nitrogens with zero attached hydrogens (tertiary/aromatic N) is 2. The van der Waals surface area contributed by atoms with Gasteiger partial charge in [-0.25, -0.2) is 4.98 Å². The summed E-state index contributed by atoms with van der Waals surface area (Å²) < 4.78 is 2.04. The maximum absolute atomic E-state index is 13.4. The molecule has 4 rings (SSSR count). The molecule has 4 aromatic rings. The minimum absolute atomic E-state index is 0.146. The predicted molar refractivity (Wildman–Crippen MR) is 136 cm³/mol. The lowest BCUT2D eigenvalue weighted by molar-refractivity contribution is 0.101. The number of rotatable bonds is 6. The van der Waals surface area contributed by atoms with Crippen molar-refractivity contribution in [3.05, 3.63) is 82.4 Å². The highest BCUT2D eigenvalue weighted by Gasteiger charge is 2.21. The molecule has 164 valence electrons. The molecule has 32 heavy (non-hydrogen) atoms. The van der Waals surface area contributed by atoms with E-state index in [2.05, 4.69) is 81.0 Å². The van der Waals surface area contributed by atoms with Crippen molar-refractivity contribution in [2.75, 3.05) is 5.32 Å². The maximum atomic E-state index is 13.4. The maximum Gasteiger partial charge on any atom is 0.274 e. The summed E-state index contributed by atoms with van der Waals surface area (Å²) in [4.78, 5) is 18.0. The molecule has 0 spiro atoms. The van der Waals surface area contributed by atoms with Crippen molar-refractivity contribution in [2.45, 2.75) is 47.1 Å². The number of nitrogens with one attached hydrogen (secondary N) is 1. The zero-order valence-electron chi connectivity index (χ0n) is 19.3. The molecule has 5 heteroatoms. The van der Waals surface area contributed by atoms with Crippen LogP contribution in [0.2, 0.25) is 0 Å². The van der Waals surface area contributed by atoms with Gasteiger partial charge in [0, 0.05) is 28.4 Å². The van der Waals surface area contributed by atoms with E-state index in [1.54, 1.807) is 0 Å². The van der Waals surface area contributed by atoms with Crippen LogP contribution in [0.3, 0.4) is 0 Å².